The van der Waals surface area contributed by atoms with E-state index in [0.717, 1.165) is 6.07 Å². The van der Waals surface area contributed by atoms with Crippen molar-refractivity contribution in [2.24, 2.45) is 5.41 Å². The number of pyridine rings is 1. The third kappa shape index (κ3) is 4.89. The molecule has 1 atom stereocenters. The molecule has 7 nitrogen and oxygen atoms in total. The highest BCUT2D eigenvalue weighted by Gasteiger charge is 2.36. The number of hydrogen-bond donors (Lipinski definition) is 1. The van der Waals surface area contributed by atoms with Gasteiger partial charge in [0, 0.05) is 23.5 Å². The molecule has 0 saturated carbocycles. The van der Waals surface area contributed by atoms with Crippen LogP contribution in [0.5, 0.6) is 0 Å². The molecule has 0 aliphatic heterocycles. The average Bonchev–Trinajstić information content (AvgIpc) is 3.32. The van der Waals surface area contributed by atoms with Crippen molar-refractivity contribution in [2.75, 3.05) is 7.11 Å². The summed E-state index contributed by atoms with van der Waals surface area (Å²) in [6, 6.07) is 1.62. The monoisotopic (exact) mass is 437 g/mol. The Kier molecular flexibility index (Phi) is 5.84. The molecule has 10 heteroatoms. The molecule has 0 aliphatic carbocycles. The molecule has 3 aromatic heterocycles. The van der Waals surface area contributed by atoms with E-state index < -0.39 is 35.1 Å². The lowest BCUT2D eigenvalue weighted by molar-refractivity contribution is -0.148. The number of halogens is 3. The largest absolute Gasteiger partial charge is 0.472 e. The second kappa shape index (κ2) is 8.09. The van der Waals surface area contributed by atoms with Crippen LogP contribution >= 0.6 is 0 Å². The van der Waals surface area contributed by atoms with Gasteiger partial charge in [0.15, 0.2) is 0 Å². The maximum absolute atomic E-state index is 13.6. The maximum Gasteiger partial charge on any atom is 0.420 e. The number of nitrogens with one attached hydrogen (secondary N) is 1. The summed E-state index contributed by atoms with van der Waals surface area (Å²) in [4.78, 5) is 28.5. The molecule has 3 rings (SSSR count). The molecule has 0 aromatic carbocycles. The first-order valence-corrected chi connectivity index (χ1v) is 9.38. The predicted molar refractivity (Wildman–Crippen MR) is 105 cm³/mol. The number of rotatable bonds is 5. The minimum atomic E-state index is -4.64. The quantitative estimate of drug-likeness (QED) is 0.613. The Hall–Kier alpha value is -3.30. The lowest BCUT2D eigenvalue weighted by Gasteiger charge is -2.28. The lowest BCUT2D eigenvalue weighted by Crippen LogP contribution is -2.50. The molecule has 1 amide bonds. The number of hydrogen-bond acceptors (Lipinski definition) is 5. The Labute approximate surface area is 176 Å². The van der Waals surface area contributed by atoms with E-state index in [1.54, 1.807) is 26.8 Å². The second-order valence-electron chi connectivity index (χ2n) is 8.18. The van der Waals surface area contributed by atoms with Gasteiger partial charge >= 0.3 is 12.1 Å². The first kappa shape index (κ1) is 22.4. The molecule has 0 radical (unpaired) electrons. The van der Waals surface area contributed by atoms with Gasteiger partial charge in [-0.3, -0.25) is 4.79 Å². The van der Waals surface area contributed by atoms with E-state index in [1.165, 1.54) is 36.4 Å². The predicted octanol–water partition coefficient (Wildman–Crippen LogP) is 3.86. The molecule has 1 unspecified atom stereocenters. The van der Waals surface area contributed by atoms with Crippen molar-refractivity contribution >= 4 is 17.5 Å². The first-order chi connectivity index (χ1) is 14.4. The number of amides is 1. The number of methoxy groups -OCH3 is 1. The highest BCUT2D eigenvalue weighted by molar-refractivity contribution is 5.86. The van der Waals surface area contributed by atoms with Crippen molar-refractivity contribution in [2.45, 2.75) is 39.4 Å². The third-order valence-corrected chi connectivity index (χ3v) is 4.71. The third-order valence-electron chi connectivity index (χ3n) is 4.71. The van der Waals surface area contributed by atoms with Gasteiger partial charge in [-0.1, -0.05) is 20.8 Å². The molecule has 3 aromatic rings. The van der Waals surface area contributed by atoms with Crippen molar-refractivity contribution in [1.29, 1.82) is 0 Å². The number of alkyl halides is 3. The number of fused-ring (bicyclic) bond motifs is 1. The second-order valence-corrected chi connectivity index (χ2v) is 8.18. The highest BCUT2D eigenvalue weighted by Crippen LogP contribution is 2.35. The fraction of sp³-hybridized carbons (Fsp3) is 0.381. The van der Waals surface area contributed by atoms with Crippen molar-refractivity contribution in [3.63, 3.8) is 0 Å². The summed E-state index contributed by atoms with van der Waals surface area (Å²) < 4.78 is 51.8. The van der Waals surface area contributed by atoms with Gasteiger partial charge in [-0.2, -0.15) is 13.2 Å². The Morgan fingerprint density at radius 1 is 1.23 bits per heavy atom. The van der Waals surface area contributed by atoms with Crippen molar-refractivity contribution in [1.82, 2.24) is 14.7 Å². The zero-order chi connectivity index (χ0) is 23.0. The Balaban J connectivity index is 1.93. The van der Waals surface area contributed by atoms with Gasteiger partial charge in [0.2, 0.25) is 5.91 Å². The zero-order valence-corrected chi connectivity index (χ0v) is 17.4. The van der Waals surface area contributed by atoms with Crippen LogP contribution in [0.25, 0.3) is 16.8 Å². The average molecular weight is 437 g/mol. The number of furan rings is 1. The Morgan fingerprint density at radius 2 is 1.94 bits per heavy atom. The molecule has 0 saturated heterocycles. The van der Waals surface area contributed by atoms with E-state index in [-0.39, 0.29) is 17.8 Å². The molecule has 1 N–H and O–H groups in total. The molecule has 0 bridgehead atoms. The standard InChI is InChI=1S/C21H22F3N3O4/c1-20(2,3)17(19(29)30-4)26-16(28)8-14-10-27-9-13(12-5-6-31-11-12)7-15(18(27)25-14)21(22,23)24/h5-7,9-11,17H,8H2,1-4H3,(H,26,28). The first-order valence-electron chi connectivity index (χ1n) is 9.38. The van der Waals surface area contributed by atoms with E-state index in [9.17, 15) is 22.8 Å². The molecule has 0 spiro atoms. The molecule has 31 heavy (non-hydrogen) atoms. The van der Waals surface area contributed by atoms with Gasteiger partial charge in [0.25, 0.3) is 0 Å². The van der Waals surface area contributed by atoms with Crippen LogP contribution in [-0.4, -0.2) is 34.4 Å². The molecular weight excluding hydrogens is 415 g/mol. The van der Waals surface area contributed by atoms with E-state index in [2.05, 4.69) is 10.3 Å². The smallest absolute Gasteiger partial charge is 0.420 e. The van der Waals surface area contributed by atoms with Gasteiger partial charge in [0.1, 0.15) is 11.7 Å². The van der Waals surface area contributed by atoms with Crippen LogP contribution in [0.4, 0.5) is 13.2 Å². The molecule has 3 heterocycles. The van der Waals surface area contributed by atoms with E-state index in [0.29, 0.717) is 11.1 Å². The molecule has 0 aliphatic rings. The van der Waals surface area contributed by atoms with Gasteiger partial charge in [0.05, 0.1) is 37.3 Å². The summed E-state index contributed by atoms with van der Waals surface area (Å²) in [5, 5.41) is 2.58. The Morgan fingerprint density at radius 3 is 2.48 bits per heavy atom. The number of carbonyl (C=O) groups excluding carboxylic acids is 2. The van der Waals surface area contributed by atoms with E-state index in [4.69, 9.17) is 9.15 Å². The summed E-state index contributed by atoms with van der Waals surface area (Å²) in [6.07, 6.45) is 0.599. The van der Waals surface area contributed by atoms with E-state index in [1.807, 2.05) is 0 Å². The number of nitrogens with zero attached hydrogens (tertiary/aromatic N) is 2. The summed E-state index contributed by atoms with van der Waals surface area (Å²) in [6.45, 7) is 5.27. The fourth-order valence-electron chi connectivity index (χ4n) is 3.15. The fourth-order valence-corrected chi connectivity index (χ4v) is 3.15. The highest BCUT2D eigenvalue weighted by atomic mass is 19.4. The van der Waals surface area contributed by atoms with Gasteiger partial charge in [-0.15, -0.1) is 0 Å². The summed E-state index contributed by atoms with van der Waals surface area (Å²) >= 11 is 0. The summed E-state index contributed by atoms with van der Waals surface area (Å²) in [5.41, 5.74) is -0.968. The number of imidazole rings is 1. The van der Waals surface area contributed by atoms with Crippen LogP contribution in [0.1, 0.15) is 32.0 Å². The number of carbonyl (C=O) groups is 2. The van der Waals surface area contributed by atoms with Crippen LogP contribution in [0, 0.1) is 5.41 Å². The molecule has 0 fully saturated rings. The topological polar surface area (TPSA) is 85.8 Å². The van der Waals surface area contributed by atoms with E-state index >= 15 is 0 Å². The van der Waals surface area contributed by atoms with Crippen LogP contribution in [0.2, 0.25) is 0 Å². The van der Waals surface area contributed by atoms with Crippen molar-refractivity contribution in [3.05, 3.63) is 48.3 Å². The lowest BCUT2D eigenvalue weighted by atomic mass is 9.86. The van der Waals surface area contributed by atoms with Crippen LogP contribution in [0.3, 0.4) is 0 Å². The minimum Gasteiger partial charge on any atom is -0.472 e. The molecule has 166 valence electrons. The normalized spacial score (nSPS) is 13.3. The SMILES string of the molecule is COC(=O)C(NC(=O)Cc1cn2cc(-c3ccoc3)cc(C(F)(F)F)c2n1)C(C)(C)C. The van der Waals surface area contributed by atoms with Crippen molar-refractivity contribution in [3.8, 4) is 11.1 Å². The Bertz CT molecular complexity index is 1100. The summed E-state index contributed by atoms with van der Waals surface area (Å²) in [7, 11) is 1.21. The maximum atomic E-state index is 13.6. The van der Waals surface area contributed by atoms with Gasteiger partial charge in [-0.25, -0.2) is 9.78 Å². The van der Waals surface area contributed by atoms with Crippen LogP contribution in [-0.2, 0) is 26.9 Å². The summed E-state index contributed by atoms with van der Waals surface area (Å²) in [5.74, 6) is -1.17. The zero-order valence-electron chi connectivity index (χ0n) is 17.4. The van der Waals surface area contributed by atoms with Gasteiger partial charge < -0.3 is 18.9 Å². The number of ether oxygens (including phenoxy) is 1. The number of esters is 1. The number of aromatic nitrogens is 2. The van der Waals surface area contributed by atoms with Crippen molar-refractivity contribution < 1.29 is 31.9 Å². The van der Waals surface area contributed by atoms with Crippen LogP contribution in [0.15, 0.2) is 41.5 Å². The molecular formula is C21H22F3N3O4. The minimum absolute atomic E-state index is 0.130. The van der Waals surface area contributed by atoms with Gasteiger partial charge in [-0.05, 0) is 17.5 Å². The van der Waals surface area contributed by atoms with Crippen LogP contribution < -0.4 is 5.32 Å².